The normalized spacial score (nSPS) is 14.5. The lowest BCUT2D eigenvalue weighted by Crippen LogP contribution is -2.39. The highest BCUT2D eigenvalue weighted by atomic mass is 19.1. The third-order valence-corrected chi connectivity index (χ3v) is 5.04. The molecule has 30 heavy (non-hydrogen) atoms. The van der Waals surface area contributed by atoms with Crippen molar-refractivity contribution in [2.45, 2.75) is 25.5 Å². The summed E-state index contributed by atoms with van der Waals surface area (Å²) in [6, 6.07) is 9.44. The van der Waals surface area contributed by atoms with Crippen molar-refractivity contribution in [2.24, 2.45) is 5.92 Å². The molecule has 1 heterocycles. The highest BCUT2D eigenvalue weighted by Gasteiger charge is 2.38. The van der Waals surface area contributed by atoms with Gasteiger partial charge in [-0.1, -0.05) is 37.3 Å². The van der Waals surface area contributed by atoms with Crippen LogP contribution in [0.15, 0.2) is 61.2 Å². The molecule has 156 valence electrons. The van der Waals surface area contributed by atoms with Crippen LogP contribution in [0.25, 0.3) is 6.08 Å². The van der Waals surface area contributed by atoms with E-state index in [1.807, 2.05) is 6.08 Å². The molecule has 0 fully saturated rings. The Kier molecular flexibility index (Phi) is 6.37. The van der Waals surface area contributed by atoms with E-state index in [4.69, 9.17) is 5.11 Å². The predicted octanol–water partition coefficient (Wildman–Crippen LogP) is 3.88. The largest absolute Gasteiger partial charge is 0.478 e. The molecule has 6 nitrogen and oxygen atoms in total. The van der Waals surface area contributed by atoms with Crippen molar-refractivity contribution >= 4 is 12.0 Å². The topological polar surface area (TPSA) is 88.2 Å². The molecule has 0 aliphatic carbocycles. The molecular weight excluding hydrogens is 392 g/mol. The number of carboxylic acid groups (broad SMARTS) is 1. The standard InChI is InChI=1S/C22H21F2N3O3/c1-15(3-2-4-16-5-7-17(8-6-16)21(28)29)22(30,12-27-14-25-13-26-27)19-10-9-18(23)11-20(19)24/h2,4-11,13-15,30H,3,12H2,1H3,(H,28,29)/b4-2+/t15-,22+/m0/s1. The molecule has 0 saturated heterocycles. The molecule has 2 aromatic carbocycles. The van der Waals surface area contributed by atoms with Gasteiger partial charge in [0.05, 0.1) is 12.1 Å². The van der Waals surface area contributed by atoms with Gasteiger partial charge in [0.15, 0.2) is 0 Å². The first-order chi connectivity index (χ1) is 14.3. The summed E-state index contributed by atoms with van der Waals surface area (Å²) in [6.45, 7) is 1.70. The van der Waals surface area contributed by atoms with E-state index >= 15 is 0 Å². The molecule has 2 N–H and O–H groups in total. The number of aromatic nitrogens is 3. The quantitative estimate of drug-likeness (QED) is 0.585. The predicted molar refractivity (Wildman–Crippen MR) is 106 cm³/mol. The SMILES string of the molecule is C[C@@H](C/C=C/c1ccc(C(=O)O)cc1)[C@](O)(Cn1cncn1)c1ccc(F)cc1F. The molecular formula is C22H21F2N3O3. The zero-order valence-electron chi connectivity index (χ0n) is 16.2. The number of benzene rings is 2. The second kappa shape index (κ2) is 8.96. The Balaban J connectivity index is 1.82. The van der Waals surface area contributed by atoms with E-state index in [0.717, 1.165) is 17.7 Å². The van der Waals surface area contributed by atoms with Crippen molar-refractivity contribution in [3.05, 3.63) is 89.5 Å². The second-order valence-electron chi connectivity index (χ2n) is 7.11. The number of aliphatic hydroxyl groups is 1. The Morgan fingerprint density at radius 1 is 1.23 bits per heavy atom. The monoisotopic (exact) mass is 413 g/mol. The van der Waals surface area contributed by atoms with Gasteiger partial charge in [0.2, 0.25) is 0 Å². The Hall–Kier alpha value is -3.39. The van der Waals surface area contributed by atoms with Gasteiger partial charge in [-0.3, -0.25) is 0 Å². The summed E-state index contributed by atoms with van der Waals surface area (Å²) < 4.78 is 29.3. The van der Waals surface area contributed by atoms with Gasteiger partial charge in [0.1, 0.15) is 29.9 Å². The fraction of sp³-hybridized carbons (Fsp3) is 0.227. The summed E-state index contributed by atoms with van der Waals surface area (Å²) in [4.78, 5) is 14.8. The minimum absolute atomic E-state index is 0.0221. The number of allylic oxidation sites excluding steroid dienone is 1. The van der Waals surface area contributed by atoms with Crippen LogP contribution in [0.1, 0.15) is 34.8 Å². The van der Waals surface area contributed by atoms with E-state index in [0.29, 0.717) is 6.42 Å². The molecule has 0 aliphatic rings. The first kappa shape index (κ1) is 21.3. The highest BCUT2D eigenvalue weighted by molar-refractivity contribution is 5.87. The van der Waals surface area contributed by atoms with Crippen LogP contribution < -0.4 is 0 Å². The van der Waals surface area contributed by atoms with Gasteiger partial charge in [-0.15, -0.1) is 0 Å². The summed E-state index contributed by atoms with van der Waals surface area (Å²) >= 11 is 0. The molecule has 0 radical (unpaired) electrons. The van der Waals surface area contributed by atoms with Crippen molar-refractivity contribution in [3.8, 4) is 0 Å². The van der Waals surface area contributed by atoms with Crippen LogP contribution in [0.4, 0.5) is 8.78 Å². The lowest BCUT2D eigenvalue weighted by Gasteiger charge is -2.34. The highest BCUT2D eigenvalue weighted by Crippen LogP contribution is 2.35. The summed E-state index contributed by atoms with van der Waals surface area (Å²) in [5, 5.41) is 24.4. The zero-order chi connectivity index (χ0) is 21.7. The summed E-state index contributed by atoms with van der Waals surface area (Å²) in [6.07, 6.45) is 6.71. The van der Waals surface area contributed by atoms with E-state index in [1.165, 1.54) is 35.5 Å². The second-order valence-corrected chi connectivity index (χ2v) is 7.11. The van der Waals surface area contributed by atoms with E-state index in [-0.39, 0.29) is 17.7 Å². The molecule has 0 unspecified atom stereocenters. The first-order valence-electron chi connectivity index (χ1n) is 9.30. The van der Waals surface area contributed by atoms with Crippen LogP contribution in [0, 0.1) is 17.6 Å². The minimum Gasteiger partial charge on any atom is -0.478 e. The number of hydrogen-bond acceptors (Lipinski definition) is 4. The lowest BCUT2D eigenvalue weighted by atomic mass is 9.80. The van der Waals surface area contributed by atoms with Gasteiger partial charge in [0, 0.05) is 11.6 Å². The molecule has 1 aromatic heterocycles. The van der Waals surface area contributed by atoms with Gasteiger partial charge in [-0.25, -0.2) is 23.2 Å². The number of carbonyl (C=O) groups is 1. The third kappa shape index (κ3) is 4.77. The van der Waals surface area contributed by atoms with Crippen LogP contribution in [0.5, 0.6) is 0 Å². The lowest BCUT2D eigenvalue weighted by molar-refractivity contribution is -0.0380. The Morgan fingerprint density at radius 2 is 1.97 bits per heavy atom. The Bertz CT molecular complexity index is 1040. The van der Waals surface area contributed by atoms with Crippen LogP contribution in [0.3, 0.4) is 0 Å². The molecule has 0 amide bonds. The number of carboxylic acids is 1. The average Bonchev–Trinajstić information content (AvgIpc) is 3.20. The summed E-state index contributed by atoms with van der Waals surface area (Å²) in [5.74, 6) is -3.02. The molecule has 0 spiro atoms. The molecule has 2 atom stereocenters. The zero-order valence-corrected chi connectivity index (χ0v) is 16.2. The molecule has 0 aliphatic heterocycles. The van der Waals surface area contributed by atoms with Gasteiger partial charge >= 0.3 is 5.97 Å². The van der Waals surface area contributed by atoms with Gasteiger partial charge in [-0.2, -0.15) is 5.10 Å². The maximum absolute atomic E-state index is 14.5. The Morgan fingerprint density at radius 3 is 2.57 bits per heavy atom. The van der Waals surface area contributed by atoms with Crippen molar-refractivity contribution < 1.29 is 23.8 Å². The Labute approximate surface area is 172 Å². The van der Waals surface area contributed by atoms with Crippen LogP contribution >= 0.6 is 0 Å². The van der Waals surface area contributed by atoms with E-state index in [1.54, 1.807) is 25.1 Å². The van der Waals surface area contributed by atoms with Gasteiger partial charge in [-0.05, 0) is 36.1 Å². The van der Waals surface area contributed by atoms with Crippen LogP contribution in [0.2, 0.25) is 0 Å². The van der Waals surface area contributed by atoms with Crippen molar-refractivity contribution in [1.29, 1.82) is 0 Å². The average molecular weight is 413 g/mol. The van der Waals surface area contributed by atoms with Gasteiger partial charge in [0.25, 0.3) is 0 Å². The van der Waals surface area contributed by atoms with Crippen molar-refractivity contribution in [1.82, 2.24) is 14.8 Å². The number of hydrogen-bond donors (Lipinski definition) is 2. The maximum atomic E-state index is 14.5. The first-order valence-corrected chi connectivity index (χ1v) is 9.30. The summed E-state index contributed by atoms with van der Waals surface area (Å²) in [5.41, 5.74) is -0.705. The summed E-state index contributed by atoms with van der Waals surface area (Å²) in [7, 11) is 0. The van der Waals surface area contributed by atoms with E-state index in [2.05, 4.69) is 10.1 Å². The van der Waals surface area contributed by atoms with Crippen molar-refractivity contribution in [3.63, 3.8) is 0 Å². The number of aromatic carboxylic acids is 1. The minimum atomic E-state index is -1.66. The van der Waals surface area contributed by atoms with Crippen LogP contribution in [-0.2, 0) is 12.1 Å². The molecule has 3 rings (SSSR count). The third-order valence-electron chi connectivity index (χ3n) is 5.04. The maximum Gasteiger partial charge on any atom is 0.335 e. The number of halogens is 2. The number of nitrogens with zero attached hydrogens (tertiary/aromatic N) is 3. The fourth-order valence-corrected chi connectivity index (χ4v) is 3.25. The molecule has 0 saturated carbocycles. The van der Waals surface area contributed by atoms with E-state index in [9.17, 15) is 18.7 Å². The van der Waals surface area contributed by atoms with Crippen molar-refractivity contribution in [2.75, 3.05) is 0 Å². The molecule has 8 heteroatoms. The molecule has 3 aromatic rings. The molecule has 0 bridgehead atoms. The van der Waals surface area contributed by atoms with Crippen LogP contribution in [-0.4, -0.2) is 30.9 Å². The smallest absolute Gasteiger partial charge is 0.335 e. The van der Waals surface area contributed by atoms with Gasteiger partial charge < -0.3 is 10.2 Å². The number of rotatable bonds is 8. The van der Waals surface area contributed by atoms with E-state index < -0.39 is 29.1 Å². The fourth-order valence-electron chi connectivity index (χ4n) is 3.25.